The molecule has 7 rings (SSSR count). The maximum atomic E-state index is 12.4. The Morgan fingerprint density at radius 2 is 1.62 bits per heavy atom. The standard InChI is InChI=1S/C33H46N6O/c1-2-29(40)39-19-17-32(18-20-39)22-33(32,31-35-37-38-36-31)25-15-13-23(14-16-25)27-21-34-28-12-8-7-11-26(28)30(27)24-9-5-3-4-6-10-24/h7-8,11-16,24,27,30-31,34-38H,2-6,9-10,17-22H2,1H3/t27?,30?,33-/m0/s1. The number of fused-ring (bicyclic) bond motifs is 1. The Kier molecular flexibility index (Phi) is 7.11. The fraction of sp³-hybridized carbons (Fsp3) is 0.606. The van der Waals surface area contributed by atoms with Crippen LogP contribution in [0, 0.1) is 11.3 Å². The third-order valence-electron chi connectivity index (χ3n) is 11.3. The van der Waals surface area contributed by atoms with Gasteiger partial charge in [-0.3, -0.25) is 4.79 Å². The molecule has 4 fully saturated rings. The second kappa shape index (κ2) is 10.8. The van der Waals surface area contributed by atoms with E-state index >= 15 is 0 Å². The summed E-state index contributed by atoms with van der Waals surface area (Å²) in [4.78, 5) is 14.5. The number of hydrogen-bond donors (Lipinski definition) is 5. The van der Waals surface area contributed by atoms with Gasteiger partial charge < -0.3 is 10.2 Å². The molecule has 2 saturated heterocycles. The number of hydrazine groups is 3. The van der Waals surface area contributed by atoms with Gasteiger partial charge in [0.2, 0.25) is 5.91 Å². The van der Waals surface area contributed by atoms with Crippen LogP contribution in [0.3, 0.4) is 0 Å². The van der Waals surface area contributed by atoms with Gasteiger partial charge in [-0.1, -0.05) is 75.1 Å². The van der Waals surface area contributed by atoms with Crippen molar-refractivity contribution in [3.05, 3.63) is 65.2 Å². The van der Waals surface area contributed by atoms with Crippen LogP contribution in [0.15, 0.2) is 48.5 Å². The average molecular weight is 543 g/mol. The monoisotopic (exact) mass is 542 g/mol. The predicted molar refractivity (Wildman–Crippen MR) is 159 cm³/mol. The van der Waals surface area contributed by atoms with Gasteiger partial charge in [-0.25, -0.2) is 10.9 Å². The lowest BCUT2D eigenvalue weighted by molar-refractivity contribution is -0.132. The smallest absolute Gasteiger partial charge is 0.222 e. The van der Waals surface area contributed by atoms with Gasteiger partial charge in [0, 0.05) is 43.1 Å². The molecule has 3 atom stereocenters. The first kappa shape index (κ1) is 26.4. The summed E-state index contributed by atoms with van der Waals surface area (Å²) in [6.45, 7) is 4.72. The lowest BCUT2D eigenvalue weighted by Gasteiger charge is -2.40. The quantitative estimate of drug-likeness (QED) is 0.340. The minimum Gasteiger partial charge on any atom is -0.384 e. The number of amides is 1. The summed E-state index contributed by atoms with van der Waals surface area (Å²) in [5.41, 5.74) is 19.0. The van der Waals surface area contributed by atoms with Crippen LogP contribution in [-0.2, 0) is 10.2 Å². The van der Waals surface area contributed by atoms with Crippen LogP contribution < -0.4 is 27.2 Å². The van der Waals surface area contributed by atoms with Crippen molar-refractivity contribution in [2.75, 3.05) is 25.0 Å². The van der Waals surface area contributed by atoms with Crippen LogP contribution >= 0.6 is 0 Å². The number of piperidine rings is 1. The van der Waals surface area contributed by atoms with Crippen LogP contribution in [-0.4, -0.2) is 36.6 Å². The molecule has 2 unspecified atom stereocenters. The lowest BCUT2D eigenvalue weighted by atomic mass is 9.69. The Morgan fingerprint density at radius 1 is 0.925 bits per heavy atom. The van der Waals surface area contributed by atoms with Crippen LogP contribution in [0.1, 0.15) is 99.7 Å². The molecule has 3 aliphatic heterocycles. The van der Waals surface area contributed by atoms with Crippen molar-refractivity contribution in [1.29, 1.82) is 0 Å². The molecule has 0 bridgehead atoms. The highest BCUT2D eigenvalue weighted by Gasteiger charge is 2.71. The zero-order valence-corrected chi connectivity index (χ0v) is 24.0. The number of nitrogens with one attached hydrogen (secondary N) is 5. The summed E-state index contributed by atoms with van der Waals surface area (Å²) >= 11 is 0. The average Bonchev–Trinajstić information content (AvgIpc) is 3.46. The molecule has 1 amide bonds. The van der Waals surface area contributed by atoms with Crippen molar-refractivity contribution in [3.8, 4) is 0 Å². The highest BCUT2D eigenvalue weighted by molar-refractivity contribution is 5.76. The van der Waals surface area contributed by atoms with Gasteiger partial charge in [-0.2, -0.15) is 11.1 Å². The van der Waals surface area contributed by atoms with Crippen LogP contribution in [0.2, 0.25) is 0 Å². The topological polar surface area (TPSA) is 80.5 Å². The van der Waals surface area contributed by atoms with E-state index in [2.05, 4.69) is 80.7 Å². The van der Waals surface area contributed by atoms with E-state index in [9.17, 15) is 4.79 Å². The molecule has 214 valence electrons. The van der Waals surface area contributed by atoms with Gasteiger partial charge >= 0.3 is 0 Å². The van der Waals surface area contributed by atoms with Crippen molar-refractivity contribution >= 4 is 11.6 Å². The minimum atomic E-state index is 0.00147. The molecule has 2 aromatic carbocycles. The fourth-order valence-electron chi connectivity index (χ4n) is 9.12. The Hall–Kier alpha value is -2.45. The summed E-state index contributed by atoms with van der Waals surface area (Å²) in [7, 11) is 0. The number of carbonyl (C=O) groups is 1. The largest absolute Gasteiger partial charge is 0.384 e. The maximum Gasteiger partial charge on any atom is 0.222 e. The normalized spacial score (nSPS) is 30.5. The Labute approximate surface area is 239 Å². The van der Waals surface area contributed by atoms with E-state index in [4.69, 9.17) is 0 Å². The molecule has 0 radical (unpaired) electrons. The molecule has 7 nitrogen and oxygen atoms in total. The van der Waals surface area contributed by atoms with E-state index in [1.54, 1.807) is 0 Å². The van der Waals surface area contributed by atoms with E-state index in [1.165, 1.54) is 60.9 Å². The first-order valence-electron chi connectivity index (χ1n) is 15.9. The van der Waals surface area contributed by atoms with Gasteiger partial charge in [0.15, 0.2) is 0 Å². The molecule has 1 spiro atoms. The summed E-state index contributed by atoms with van der Waals surface area (Å²) in [5, 5.41) is 3.79. The van der Waals surface area contributed by atoms with E-state index in [0.29, 0.717) is 18.3 Å². The van der Waals surface area contributed by atoms with E-state index in [-0.39, 0.29) is 22.9 Å². The third kappa shape index (κ3) is 4.37. The Balaban J connectivity index is 1.18. The van der Waals surface area contributed by atoms with E-state index in [1.807, 2.05) is 6.92 Å². The third-order valence-corrected chi connectivity index (χ3v) is 11.3. The van der Waals surface area contributed by atoms with Crippen LogP contribution in [0.5, 0.6) is 0 Å². The summed E-state index contributed by atoms with van der Waals surface area (Å²) in [6, 6.07) is 18.8. The number of anilines is 1. The Morgan fingerprint density at radius 3 is 2.33 bits per heavy atom. The molecule has 2 aliphatic carbocycles. The maximum absolute atomic E-state index is 12.4. The summed E-state index contributed by atoms with van der Waals surface area (Å²) in [6.07, 6.45) is 12.2. The molecular formula is C33H46N6O. The van der Waals surface area contributed by atoms with Crippen LogP contribution in [0.4, 0.5) is 5.69 Å². The fourth-order valence-corrected chi connectivity index (χ4v) is 9.12. The molecule has 5 N–H and O–H groups in total. The zero-order valence-electron chi connectivity index (χ0n) is 24.0. The zero-order chi connectivity index (χ0) is 27.2. The Bertz CT molecular complexity index is 1190. The first-order chi connectivity index (χ1) is 19.6. The van der Waals surface area contributed by atoms with Crippen molar-refractivity contribution < 1.29 is 4.79 Å². The van der Waals surface area contributed by atoms with Crippen molar-refractivity contribution in [1.82, 2.24) is 26.8 Å². The molecule has 7 heteroatoms. The minimum absolute atomic E-state index is 0.00147. The number of likely N-dealkylation sites (tertiary alicyclic amines) is 1. The number of benzene rings is 2. The number of nitrogens with zero attached hydrogens (tertiary/aromatic N) is 1. The highest BCUT2D eigenvalue weighted by atomic mass is 16.2. The SMILES string of the molecule is CCC(=O)N1CCC2(CC1)C[C@]2(c1ccc(C2CNc3ccccc3C2C2CCCCCC2)cc1)C1NNNN1. The van der Waals surface area contributed by atoms with Gasteiger partial charge in [0.1, 0.15) is 0 Å². The molecule has 5 aliphatic rings. The van der Waals surface area contributed by atoms with Crippen LogP contribution in [0.25, 0.3) is 0 Å². The molecule has 2 aromatic rings. The first-order valence-corrected chi connectivity index (χ1v) is 15.9. The number of hydrogen-bond acceptors (Lipinski definition) is 6. The number of rotatable bonds is 5. The molecule has 40 heavy (non-hydrogen) atoms. The number of para-hydroxylation sites is 1. The van der Waals surface area contributed by atoms with E-state index < -0.39 is 0 Å². The molecule has 0 aromatic heterocycles. The molecule has 3 heterocycles. The predicted octanol–water partition coefficient (Wildman–Crippen LogP) is 5.05. The highest BCUT2D eigenvalue weighted by Crippen LogP contribution is 2.71. The van der Waals surface area contributed by atoms with Gasteiger partial charge in [0.05, 0.1) is 6.17 Å². The summed E-state index contributed by atoms with van der Waals surface area (Å²) < 4.78 is 0. The molecule has 2 saturated carbocycles. The lowest BCUT2D eigenvalue weighted by Crippen LogP contribution is -2.50. The van der Waals surface area contributed by atoms with Gasteiger partial charge in [-0.05, 0) is 72.1 Å². The van der Waals surface area contributed by atoms with E-state index in [0.717, 1.165) is 44.8 Å². The second-order valence-corrected chi connectivity index (χ2v) is 13.1. The van der Waals surface area contributed by atoms with Crippen molar-refractivity contribution in [2.24, 2.45) is 11.3 Å². The van der Waals surface area contributed by atoms with Crippen molar-refractivity contribution in [3.63, 3.8) is 0 Å². The number of carbonyl (C=O) groups excluding carboxylic acids is 1. The summed E-state index contributed by atoms with van der Waals surface area (Å²) in [5.74, 6) is 2.12. The molecular weight excluding hydrogens is 496 g/mol. The second-order valence-electron chi connectivity index (χ2n) is 13.1. The van der Waals surface area contributed by atoms with Gasteiger partial charge in [0.25, 0.3) is 0 Å². The van der Waals surface area contributed by atoms with Gasteiger partial charge in [-0.15, -0.1) is 0 Å². The van der Waals surface area contributed by atoms with Crippen molar-refractivity contribution in [2.45, 2.75) is 94.5 Å².